The summed E-state index contributed by atoms with van der Waals surface area (Å²) < 4.78 is 5.43. The van der Waals surface area contributed by atoms with E-state index < -0.39 is 0 Å². The lowest BCUT2D eigenvalue weighted by Crippen LogP contribution is -2.36. The molecule has 0 saturated heterocycles. The first-order chi connectivity index (χ1) is 11.0. The number of ether oxygens (including phenoxy) is 1. The Morgan fingerprint density at radius 3 is 2.70 bits per heavy atom. The van der Waals surface area contributed by atoms with Crippen LogP contribution in [0.3, 0.4) is 0 Å². The molecule has 0 radical (unpaired) electrons. The van der Waals surface area contributed by atoms with Crippen LogP contribution in [0, 0.1) is 23.2 Å². The van der Waals surface area contributed by atoms with Crippen molar-refractivity contribution >= 4 is 5.57 Å². The minimum atomic E-state index is 0.553. The standard InChI is InChI=1S/C22H30O/c1-14(2)20-9-10-21-19-7-5-15-13-16(23-4)6-8-17(15)18(19)11-12-22(20,21)3/h6,8,13-14,20-21H,5,7,9-12H2,1-4H3/t20-,21+,22-/m1/s1. The van der Waals surface area contributed by atoms with E-state index in [4.69, 9.17) is 4.74 Å². The predicted molar refractivity (Wildman–Crippen MR) is 96.6 cm³/mol. The van der Waals surface area contributed by atoms with Gasteiger partial charge in [0, 0.05) is 0 Å². The van der Waals surface area contributed by atoms with E-state index in [1.807, 2.05) is 5.57 Å². The number of hydrogen-bond donors (Lipinski definition) is 0. The Labute approximate surface area is 141 Å². The molecular formula is C22H30O. The van der Waals surface area contributed by atoms with Gasteiger partial charge in [0.1, 0.15) is 5.75 Å². The third-order valence-electron chi connectivity index (χ3n) is 7.24. The van der Waals surface area contributed by atoms with Crippen molar-refractivity contribution in [3.63, 3.8) is 0 Å². The Balaban J connectivity index is 1.75. The molecule has 1 aromatic carbocycles. The van der Waals surface area contributed by atoms with Gasteiger partial charge in [0.2, 0.25) is 0 Å². The summed E-state index contributed by atoms with van der Waals surface area (Å²) >= 11 is 0. The highest BCUT2D eigenvalue weighted by Gasteiger charge is 2.51. The van der Waals surface area contributed by atoms with Crippen molar-refractivity contribution in [2.75, 3.05) is 7.11 Å². The van der Waals surface area contributed by atoms with Gasteiger partial charge >= 0.3 is 0 Å². The van der Waals surface area contributed by atoms with Crippen LogP contribution in [-0.2, 0) is 6.42 Å². The summed E-state index contributed by atoms with van der Waals surface area (Å²) in [6, 6.07) is 6.73. The average molecular weight is 310 g/mol. The van der Waals surface area contributed by atoms with Crippen molar-refractivity contribution in [3.05, 3.63) is 34.9 Å². The molecule has 3 atom stereocenters. The molecule has 0 heterocycles. The molecule has 0 bridgehead atoms. The minimum absolute atomic E-state index is 0.553. The molecule has 1 aromatic rings. The molecule has 1 nitrogen and oxygen atoms in total. The summed E-state index contributed by atoms with van der Waals surface area (Å²) in [6.45, 7) is 7.47. The lowest BCUT2D eigenvalue weighted by Gasteiger charge is -2.46. The Hall–Kier alpha value is -1.24. The molecule has 1 saturated carbocycles. The van der Waals surface area contributed by atoms with Crippen molar-refractivity contribution in [1.29, 1.82) is 0 Å². The summed E-state index contributed by atoms with van der Waals surface area (Å²) in [5.41, 5.74) is 7.10. The van der Waals surface area contributed by atoms with Crippen LogP contribution in [0.5, 0.6) is 5.75 Å². The van der Waals surface area contributed by atoms with Gasteiger partial charge < -0.3 is 4.74 Å². The van der Waals surface area contributed by atoms with E-state index in [0.717, 1.165) is 23.5 Å². The van der Waals surface area contributed by atoms with Crippen molar-refractivity contribution in [2.45, 2.75) is 59.3 Å². The van der Waals surface area contributed by atoms with Crippen LogP contribution >= 0.6 is 0 Å². The fourth-order valence-electron chi connectivity index (χ4n) is 6.16. The number of rotatable bonds is 2. The van der Waals surface area contributed by atoms with E-state index in [-0.39, 0.29) is 0 Å². The van der Waals surface area contributed by atoms with Crippen LogP contribution in [0.1, 0.15) is 64.0 Å². The largest absolute Gasteiger partial charge is 0.497 e. The molecule has 0 aromatic heterocycles. The zero-order chi connectivity index (χ0) is 16.2. The Morgan fingerprint density at radius 2 is 1.96 bits per heavy atom. The number of hydrogen-bond acceptors (Lipinski definition) is 1. The molecule has 0 aliphatic heterocycles. The molecule has 0 amide bonds. The van der Waals surface area contributed by atoms with E-state index >= 15 is 0 Å². The maximum Gasteiger partial charge on any atom is 0.119 e. The zero-order valence-corrected chi connectivity index (χ0v) is 15.1. The Kier molecular flexibility index (Phi) is 3.59. The number of methoxy groups -OCH3 is 1. The normalized spacial score (nSPS) is 32.6. The summed E-state index contributed by atoms with van der Waals surface area (Å²) in [6.07, 6.45) is 8.00. The molecule has 0 N–H and O–H groups in total. The highest BCUT2D eigenvalue weighted by atomic mass is 16.5. The third-order valence-corrected chi connectivity index (χ3v) is 7.24. The van der Waals surface area contributed by atoms with E-state index in [2.05, 4.69) is 39.0 Å². The highest BCUT2D eigenvalue weighted by Crippen LogP contribution is 2.61. The quantitative estimate of drug-likeness (QED) is 0.663. The molecule has 0 spiro atoms. The summed E-state index contributed by atoms with van der Waals surface area (Å²) in [4.78, 5) is 0. The van der Waals surface area contributed by atoms with Crippen LogP contribution in [0.4, 0.5) is 0 Å². The van der Waals surface area contributed by atoms with Crippen LogP contribution in [0.25, 0.3) is 5.57 Å². The first-order valence-electron chi connectivity index (χ1n) is 9.44. The summed E-state index contributed by atoms with van der Waals surface area (Å²) in [7, 11) is 1.77. The number of allylic oxidation sites excluding steroid dienone is 2. The Morgan fingerprint density at radius 1 is 1.13 bits per heavy atom. The van der Waals surface area contributed by atoms with Gasteiger partial charge in [-0.25, -0.2) is 0 Å². The van der Waals surface area contributed by atoms with Crippen LogP contribution in [0.2, 0.25) is 0 Å². The maximum atomic E-state index is 5.43. The van der Waals surface area contributed by atoms with Gasteiger partial charge in [0.25, 0.3) is 0 Å². The fraction of sp³-hybridized carbons (Fsp3) is 0.636. The monoisotopic (exact) mass is 310 g/mol. The van der Waals surface area contributed by atoms with Crippen molar-refractivity contribution in [3.8, 4) is 5.75 Å². The molecule has 1 heteroatoms. The lowest BCUT2D eigenvalue weighted by molar-refractivity contribution is 0.118. The SMILES string of the molecule is COc1ccc2c(c1)CCC1=C2CC[C@]2(C)[C@@H](C(C)C)CC[C@@H]12. The van der Waals surface area contributed by atoms with Gasteiger partial charge in [-0.15, -0.1) is 0 Å². The number of fused-ring (bicyclic) bond motifs is 4. The molecule has 0 unspecified atom stereocenters. The van der Waals surface area contributed by atoms with Gasteiger partial charge in [-0.2, -0.15) is 0 Å². The highest BCUT2D eigenvalue weighted by molar-refractivity contribution is 5.75. The second kappa shape index (κ2) is 5.40. The molecule has 23 heavy (non-hydrogen) atoms. The molecular weight excluding hydrogens is 280 g/mol. The predicted octanol–water partition coefficient (Wildman–Crippen LogP) is 5.88. The van der Waals surface area contributed by atoms with Gasteiger partial charge in [-0.3, -0.25) is 0 Å². The topological polar surface area (TPSA) is 9.23 Å². The van der Waals surface area contributed by atoms with Crippen molar-refractivity contribution in [2.24, 2.45) is 23.2 Å². The van der Waals surface area contributed by atoms with Gasteiger partial charge in [0.05, 0.1) is 7.11 Å². The molecule has 124 valence electrons. The van der Waals surface area contributed by atoms with E-state index in [1.54, 1.807) is 12.7 Å². The second-order valence-electron chi connectivity index (χ2n) is 8.51. The van der Waals surface area contributed by atoms with E-state index in [9.17, 15) is 0 Å². The maximum absolute atomic E-state index is 5.43. The van der Waals surface area contributed by atoms with E-state index in [0.29, 0.717) is 5.41 Å². The van der Waals surface area contributed by atoms with Gasteiger partial charge in [0.15, 0.2) is 0 Å². The summed E-state index contributed by atoms with van der Waals surface area (Å²) in [5.74, 6) is 3.59. The van der Waals surface area contributed by atoms with E-state index in [1.165, 1.54) is 49.7 Å². The zero-order valence-electron chi connectivity index (χ0n) is 15.1. The number of aryl methyl sites for hydroxylation is 1. The smallest absolute Gasteiger partial charge is 0.119 e. The van der Waals surface area contributed by atoms with Crippen LogP contribution in [-0.4, -0.2) is 7.11 Å². The van der Waals surface area contributed by atoms with Crippen LogP contribution in [0.15, 0.2) is 23.8 Å². The first-order valence-corrected chi connectivity index (χ1v) is 9.44. The van der Waals surface area contributed by atoms with Crippen molar-refractivity contribution in [1.82, 2.24) is 0 Å². The van der Waals surface area contributed by atoms with Gasteiger partial charge in [-0.1, -0.05) is 32.4 Å². The first kappa shape index (κ1) is 15.3. The molecule has 3 aliphatic rings. The second-order valence-corrected chi connectivity index (χ2v) is 8.51. The van der Waals surface area contributed by atoms with Crippen molar-refractivity contribution < 1.29 is 4.74 Å². The molecule has 4 rings (SSSR count). The molecule has 3 aliphatic carbocycles. The number of benzene rings is 1. The summed E-state index contributed by atoms with van der Waals surface area (Å²) in [5, 5.41) is 0. The third kappa shape index (κ3) is 2.19. The van der Waals surface area contributed by atoms with Gasteiger partial charge in [-0.05, 0) is 90.5 Å². The fourth-order valence-corrected chi connectivity index (χ4v) is 6.16. The van der Waals surface area contributed by atoms with Crippen LogP contribution < -0.4 is 4.74 Å². The Bertz CT molecular complexity index is 654. The lowest BCUT2D eigenvalue weighted by atomic mass is 9.59. The minimum Gasteiger partial charge on any atom is -0.497 e. The molecule has 1 fully saturated rings. The average Bonchev–Trinajstić information content (AvgIpc) is 2.91.